The van der Waals surface area contributed by atoms with Crippen LogP contribution in [0.25, 0.3) is 0 Å². The molecule has 0 aliphatic rings. The van der Waals surface area contributed by atoms with E-state index in [2.05, 4.69) is 0 Å². The van der Waals surface area contributed by atoms with Gasteiger partial charge in [-0.05, 0) is 0 Å². The Kier molecular flexibility index (Phi) is 0.908. The highest BCUT2D eigenvalue weighted by Gasteiger charge is 2.14. The normalized spacial score (nSPS) is 30.1. The van der Waals surface area contributed by atoms with E-state index in [0.29, 0.717) is 0 Å². The van der Waals surface area contributed by atoms with Crippen LogP contribution in [0.1, 0.15) is 18.8 Å². The topological polar surface area (TPSA) is 60.4 Å². The van der Waals surface area contributed by atoms with Crippen molar-refractivity contribution in [1.29, 1.82) is 0 Å². The predicted molar refractivity (Wildman–Crippen MR) is 38.5 cm³/mol. The number of aliphatic hydroxyl groups is 1. The molecular weight excluding hydrogens is 146 g/mol. The summed E-state index contributed by atoms with van der Waals surface area (Å²) in [5.74, 6) is -1.75. The Morgan fingerprint density at radius 1 is 1.73 bits per heavy atom. The number of carbonyl (C=O) groups is 1. The van der Waals surface area contributed by atoms with Crippen LogP contribution in [0.2, 0.25) is 0 Å². The van der Waals surface area contributed by atoms with E-state index in [1.54, 1.807) is 0 Å². The number of hydrogen-bond donors (Lipinski definition) is 1. The van der Waals surface area contributed by atoms with Gasteiger partial charge in [-0.1, -0.05) is 0 Å². The zero-order chi connectivity index (χ0) is 16.6. The van der Waals surface area contributed by atoms with Crippen molar-refractivity contribution in [1.82, 2.24) is 0 Å². The summed E-state index contributed by atoms with van der Waals surface area (Å²) in [5.41, 5.74) is 0. The number of nitrogens with zero attached hydrogens (tertiary/aromatic N) is 1. The molecule has 0 amide bonds. The molecule has 66 valence electrons. The summed E-state index contributed by atoms with van der Waals surface area (Å²) in [7, 11) is 0. The van der Waals surface area contributed by atoms with Crippen molar-refractivity contribution >= 4 is 5.97 Å². The number of carbonyl (C=O) groups excluding carboxylic acids is 1. The maximum atomic E-state index is 10.3. The van der Waals surface area contributed by atoms with Gasteiger partial charge in [0, 0.05) is 12.4 Å². The first kappa shape index (κ1) is 2.71. The summed E-state index contributed by atoms with van der Waals surface area (Å²) in [6, 6.07) is 0. The standard InChI is InChI=1S/C7H15NO3/c1-8(2,3)5-6(9)4-7(10)11/h6,9H,4-5H2,1-3H3/i1D3,2D3,3D3. The number of quaternary nitrogens is 1. The molecule has 0 aromatic rings. The molecule has 0 fully saturated rings. The van der Waals surface area contributed by atoms with Crippen molar-refractivity contribution < 1.29 is 31.8 Å². The average molecular weight is 170 g/mol. The van der Waals surface area contributed by atoms with Crippen LogP contribution >= 0.6 is 0 Å². The summed E-state index contributed by atoms with van der Waals surface area (Å²) in [5, 5.41) is 19.8. The molecule has 1 atom stereocenters. The molecule has 0 saturated heterocycles. The monoisotopic (exact) mass is 170 g/mol. The molecule has 0 saturated carbocycles. The van der Waals surface area contributed by atoms with Crippen LogP contribution < -0.4 is 5.11 Å². The van der Waals surface area contributed by atoms with Crippen molar-refractivity contribution in [2.45, 2.75) is 12.5 Å². The van der Waals surface area contributed by atoms with Crippen LogP contribution in [0.3, 0.4) is 0 Å². The Labute approximate surface area is 79.3 Å². The van der Waals surface area contributed by atoms with E-state index in [-0.39, 0.29) is 0 Å². The van der Waals surface area contributed by atoms with Crippen molar-refractivity contribution in [2.75, 3.05) is 27.5 Å². The van der Waals surface area contributed by atoms with E-state index in [9.17, 15) is 15.0 Å². The summed E-state index contributed by atoms with van der Waals surface area (Å²) >= 11 is 0. The molecule has 0 bridgehead atoms. The van der Waals surface area contributed by atoms with E-state index < -0.39 is 50.4 Å². The van der Waals surface area contributed by atoms with Gasteiger partial charge in [-0.25, -0.2) is 0 Å². The summed E-state index contributed by atoms with van der Waals surface area (Å²) in [4.78, 5) is 10.3. The van der Waals surface area contributed by atoms with Crippen molar-refractivity contribution in [3.8, 4) is 0 Å². The molecule has 4 heteroatoms. The second-order valence-electron chi connectivity index (χ2n) is 2.22. The van der Waals surface area contributed by atoms with Gasteiger partial charge in [-0.15, -0.1) is 0 Å². The minimum atomic E-state index is -3.51. The quantitative estimate of drug-likeness (QED) is 0.506. The molecule has 0 aromatic heterocycles. The third kappa shape index (κ3) is 7.29. The van der Waals surface area contributed by atoms with Crippen LogP contribution in [-0.4, -0.2) is 49.1 Å². The number of rotatable bonds is 4. The highest BCUT2D eigenvalue weighted by Crippen LogP contribution is 1.97. The van der Waals surface area contributed by atoms with E-state index in [1.807, 2.05) is 0 Å². The number of carboxylic acids is 1. The lowest BCUT2D eigenvalue weighted by atomic mass is 10.2. The lowest BCUT2D eigenvalue weighted by Crippen LogP contribution is -2.43. The maximum absolute atomic E-state index is 10.3. The minimum Gasteiger partial charge on any atom is -0.550 e. The molecule has 0 aliphatic carbocycles. The number of likely N-dealkylation sites (N-methyl/N-ethyl adjacent to an activating group) is 1. The molecule has 0 radical (unpaired) electrons. The van der Waals surface area contributed by atoms with Gasteiger partial charge in [-0.3, -0.25) is 0 Å². The van der Waals surface area contributed by atoms with E-state index in [0.717, 1.165) is 0 Å². The zero-order valence-corrected chi connectivity index (χ0v) is 5.70. The molecule has 0 rings (SSSR count). The maximum Gasteiger partial charge on any atom is 0.108 e. The molecule has 1 unspecified atom stereocenters. The van der Waals surface area contributed by atoms with Gasteiger partial charge < -0.3 is 19.5 Å². The number of carboxylic acid groups (broad SMARTS) is 1. The fourth-order valence-corrected chi connectivity index (χ4v) is 0.573. The SMILES string of the molecule is [2H]C([2H])([2H])[N+](CC(O)CC(=O)[O-])(C([2H])([2H])[2H])C([2H])([2H])[2H]. The Morgan fingerprint density at radius 3 is 2.64 bits per heavy atom. The summed E-state index contributed by atoms with van der Waals surface area (Å²) < 4.78 is 62.7. The predicted octanol–water partition coefficient (Wildman–Crippen LogP) is -1.81. The molecule has 11 heavy (non-hydrogen) atoms. The fourth-order valence-electron chi connectivity index (χ4n) is 0.573. The lowest BCUT2D eigenvalue weighted by molar-refractivity contribution is -0.873. The Hall–Kier alpha value is -0.610. The largest absolute Gasteiger partial charge is 0.550 e. The third-order valence-corrected chi connectivity index (χ3v) is 0.887. The van der Waals surface area contributed by atoms with Gasteiger partial charge in [0.15, 0.2) is 0 Å². The van der Waals surface area contributed by atoms with Crippen molar-refractivity contribution in [2.24, 2.45) is 0 Å². The van der Waals surface area contributed by atoms with Gasteiger partial charge >= 0.3 is 0 Å². The van der Waals surface area contributed by atoms with Gasteiger partial charge in [0.25, 0.3) is 0 Å². The molecule has 0 spiro atoms. The van der Waals surface area contributed by atoms with Crippen molar-refractivity contribution in [3.63, 3.8) is 0 Å². The minimum absolute atomic E-state index is 1.07. The lowest BCUT2D eigenvalue weighted by Gasteiger charge is -2.26. The second-order valence-corrected chi connectivity index (χ2v) is 2.22. The number of aliphatic carboxylic acids is 1. The molecule has 0 aliphatic heterocycles. The van der Waals surface area contributed by atoms with E-state index in [1.165, 1.54) is 0 Å². The average Bonchev–Trinajstić information content (AvgIpc) is 2.06. The van der Waals surface area contributed by atoms with Gasteiger partial charge in [-0.2, -0.15) is 0 Å². The Morgan fingerprint density at radius 2 is 2.27 bits per heavy atom. The summed E-state index contributed by atoms with van der Waals surface area (Å²) in [6.45, 7) is -11.8. The fraction of sp³-hybridized carbons (Fsp3) is 0.857. The Bertz CT molecular complexity index is 322. The number of hydrogen-bond acceptors (Lipinski definition) is 3. The van der Waals surface area contributed by atoms with Crippen LogP contribution in [0.15, 0.2) is 0 Å². The van der Waals surface area contributed by atoms with Crippen LogP contribution in [0, 0.1) is 0 Å². The second kappa shape index (κ2) is 3.69. The summed E-state index contributed by atoms with van der Waals surface area (Å²) in [6.07, 6.45) is -3.05. The highest BCUT2D eigenvalue weighted by atomic mass is 16.4. The first-order valence-electron chi connectivity index (χ1n) is 7.32. The first-order chi connectivity index (χ1) is 8.56. The van der Waals surface area contributed by atoms with E-state index >= 15 is 0 Å². The van der Waals surface area contributed by atoms with Gasteiger partial charge in [0.2, 0.25) is 0 Å². The van der Waals surface area contributed by atoms with Crippen molar-refractivity contribution in [3.05, 3.63) is 0 Å². The third-order valence-electron chi connectivity index (χ3n) is 0.887. The van der Waals surface area contributed by atoms with Gasteiger partial charge in [0.1, 0.15) is 12.6 Å². The van der Waals surface area contributed by atoms with Crippen LogP contribution in [-0.2, 0) is 4.79 Å². The molecule has 0 heterocycles. The van der Waals surface area contributed by atoms with Crippen LogP contribution in [0.5, 0.6) is 0 Å². The smallest absolute Gasteiger partial charge is 0.108 e. The first-order valence-corrected chi connectivity index (χ1v) is 2.82. The van der Waals surface area contributed by atoms with Gasteiger partial charge in [0.05, 0.1) is 33.3 Å². The molecule has 0 aromatic carbocycles. The molecule has 1 N–H and O–H groups in total. The Balaban J connectivity index is 5.86. The highest BCUT2D eigenvalue weighted by molar-refractivity contribution is 5.64. The molecule has 4 nitrogen and oxygen atoms in total. The molecular formula is C7H15NO3. The zero-order valence-electron chi connectivity index (χ0n) is 14.7. The van der Waals surface area contributed by atoms with E-state index in [4.69, 9.17) is 12.3 Å². The van der Waals surface area contributed by atoms with Crippen LogP contribution in [0.4, 0.5) is 0 Å². The number of aliphatic hydroxyl groups excluding tert-OH is 1.